The molecule has 0 aromatic heterocycles. The topological polar surface area (TPSA) is 9.23 Å². The van der Waals surface area contributed by atoms with Gasteiger partial charge in [-0.2, -0.15) is 0 Å². The van der Waals surface area contributed by atoms with Crippen molar-refractivity contribution in [1.29, 1.82) is 0 Å². The highest BCUT2D eigenvalue weighted by molar-refractivity contribution is 5.37. The van der Waals surface area contributed by atoms with Crippen molar-refractivity contribution in [1.82, 2.24) is 0 Å². The van der Waals surface area contributed by atoms with Gasteiger partial charge in [0.2, 0.25) is 0 Å². The first-order chi connectivity index (χ1) is 8.81. The van der Waals surface area contributed by atoms with Crippen molar-refractivity contribution in [2.24, 2.45) is 5.92 Å². The molecule has 3 rings (SSSR count). The maximum Gasteiger partial charge on any atom is 0.118 e. The van der Waals surface area contributed by atoms with Crippen molar-refractivity contribution in [3.05, 3.63) is 71.8 Å². The molecule has 2 aromatic carbocycles. The van der Waals surface area contributed by atoms with E-state index in [4.69, 9.17) is 4.74 Å². The maximum absolute atomic E-state index is 6.22. The summed E-state index contributed by atoms with van der Waals surface area (Å²) in [5.41, 5.74) is 2.28. The van der Waals surface area contributed by atoms with Crippen molar-refractivity contribution >= 4 is 0 Å². The van der Waals surface area contributed by atoms with E-state index < -0.39 is 0 Å². The third-order valence-electron chi connectivity index (χ3n) is 3.73. The quantitative estimate of drug-likeness (QED) is 0.768. The molecule has 0 radical (unpaired) electrons. The van der Waals surface area contributed by atoms with Crippen LogP contribution in [0, 0.1) is 5.92 Å². The molecule has 0 saturated carbocycles. The van der Waals surface area contributed by atoms with E-state index in [2.05, 4.69) is 67.6 Å². The minimum absolute atomic E-state index is 0.248. The Hall–Kier alpha value is -1.60. The average molecular weight is 238 g/mol. The largest absolute Gasteiger partial charge is 0.365 e. The molecule has 0 N–H and O–H groups in total. The number of ether oxygens (including phenoxy) is 1. The molecule has 1 saturated heterocycles. The zero-order valence-corrected chi connectivity index (χ0v) is 10.7. The lowest BCUT2D eigenvalue weighted by Crippen LogP contribution is -2.26. The van der Waals surface area contributed by atoms with E-state index in [9.17, 15) is 0 Å². The van der Waals surface area contributed by atoms with Crippen LogP contribution in [0.25, 0.3) is 0 Å². The number of benzene rings is 2. The first-order valence-corrected chi connectivity index (χ1v) is 6.56. The van der Waals surface area contributed by atoms with Gasteiger partial charge in [0.05, 0.1) is 6.61 Å². The predicted octanol–water partition coefficient (Wildman–Crippen LogP) is 3.99. The third-order valence-corrected chi connectivity index (χ3v) is 3.73. The van der Waals surface area contributed by atoms with Crippen molar-refractivity contribution < 1.29 is 4.74 Å². The second-order valence-corrected chi connectivity index (χ2v) is 5.18. The van der Waals surface area contributed by atoms with Crippen LogP contribution >= 0.6 is 0 Å². The lowest BCUT2D eigenvalue weighted by molar-refractivity contribution is 0.0346. The van der Waals surface area contributed by atoms with E-state index in [1.54, 1.807) is 0 Å². The normalized spacial score (nSPS) is 21.9. The summed E-state index contributed by atoms with van der Waals surface area (Å²) in [5.74, 6) is 0.602. The highest BCUT2D eigenvalue weighted by Crippen LogP contribution is 2.44. The molecule has 0 unspecified atom stereocenters. The van der Waals surface area contributed by atoms with E-state index in [-0.39, 0.29) is 5.60 Å². The van der Waals surface area contributed by atoms with Crippen molar-refractivity contribution in [3.8, 4) is 0 Å². The van der Waals surface area contributed by atoms with Crippen molar-refractivity contribution in [3.63, 3.8) is 0 Å². The standard InChI is InChI=1S/C17H18O/c1-14-12-17(18-13-14,15-8-4-2-5-9-15)16-10-6-3-7-11-16/h2-11,14H,12-13H2,1H3/t14-/m0/s1. The van der Waals surface area contributed by atoms with E-state index in [1.807, 2.05) is 0 Å². The molecule has 0 bridgehead atoms. The first-order valence-electron chi connectivity index (χ1n) is 6.56. The fourth-order valence-corrected chi connectivity index (χ4v) is 2.88. The zero-order valence-electron chi connectivity index (χ0n) is 10.7. The van der Waals surface area contributed by atoms with Gasteiger partial charge in [0.25, 0.3) is 0 Å². The molecule has 0 spiro atoms. The smallest absolute Gasteiger partial charge is 0.118 e. The van der Waals surface area contributed by atoms with E-state index in [0.29, 0.717) is 5.92 Å². The van der Waals surface area contributed by atoms with Gasteiger partial charge in [-0.05, 0) is 23.5 Å². The molecule has 1 heteroatoms. The molecule has 1 heterocycles. The summed E-state index contributed by atoms with van der Waals surface area (Å²) in [6.45, 7) is 3.09. The van der Waals surface area contributed by atoms with Crippen LogP contribution in [0.3, 0.4) is 0 Å². The minimum atomic E-state index is -0.248. The Morgan fingerprint density at radius 2 is 1.39 bits per heavy atom. The highest BCUT2D eigenvalue weighted by Gasteiger charge is 2.41. The lowest BCUT2D eigenvalue weighted by Gasteiger charge is -2.29. The Labute approximate surface area is 108 Å². The van der Waals surface area contributed by atoms with Gasteiger partial charge >= 0.3 is 0 Å². The summed E-state index contributed by atoms with van der Waals surface area (Å²) in [5, 5.41) is 0. The van der Waals surface area contributed by atoms with E-state index in [1.165, 1.54) is 11.1 Å². The van der Waals surface area contributed by atoms with E-state index >= 15 is 0 Å². The average Bonchev–Trinajstić information content (AvgIpc) is 2.84. The van der Waals surface area contributed by atoms with Crippen LogP contribution in [0.1, 0.15) is 24.5 Å². The molecular weight excluding hydrogens is 220 g/mol. The summed E-state index contributed by atoms with van der Waals surface area (Å²) in [6, 6.07) is 21.2. The molecule has 1 aliphatic heterocycles. The van der Waals surface area contributed by atoms with Gasteiger partial charge in [0, 0.05) is 0 Å². The van der Waals surface area contributed by atoms with Crippen molar-refractivity contribution in [2.75, 3.05) is 6.61 Å². The summed E-state index contributed by atoms with van der Waals surface area (Å²) in [6.07, 6.45) is 1.06. The van der Waals surface area contributed by atoms with E-state index in [0.717, 1.165) is 13.0 Å². The number of hydrogen-bond acceptors (Lipinski definition) is 1. The van der Waals surface area contributed by atoms with Gasteiger partial charge in [-0.3, -0.25) is 0 Å². The predicted molar refractivity (Wildman–Crippen MR) is 73.4 cm³/mol. The van der Waals surface area contributed by atoms with Gasteiger partial charge in [-0.15, -0.1) is 0 Å². The number of rotatable bonds is 2. The molecule has 1 fully saturated rings. The summed E-state index contributed by atoms with van der Waals surface area (Å²) in [7, 11) is 0. The highest BCUT2D eigenvalue weighted by atomic mass is 16.5. The van der Waals surface area contributed by atoms with Gasteiger partial charge in [0.1, 0.15) is 5.60 Å². The van der Waals surface area contributed by atoms with Gasteiger partial charge in [-0.1, -0.05) is 67.6 Å². The van der Waals surface area contributed by atoms with Crippen LogP contribution < -0.4 is 0 Å². The second kappa shape index (κ2) is 4.58. The molecule has 1 atom stereocenters. The molecule has 0 aliphatic carbocycles. The fourth-order valence-electron chi connectivity index (χ4n) is 2.88. The lowest BCUT2D eigenvalue weighted by atomic mass is 9.82. The third kappa shape index (κ3) is 1.85. The summed E-state index contributed by atoms with van der Waals surface area (Å²) in [4.78, 5) is 0. The maximum atomic E-state index is 6.22. The molecule has 2 aromatic rings. The van der Waals surface area contributed by atoms with Crippen LogP contribution in [0.4, 0.5) is 0 Å². The molecule has 1 nitrogen and oxygen atoms in total. The fraction of sp³-hybridized carbons (Fsp3) is 0.294. The first kappa shape index (κ1) is 11.5. The number of hydrogen-bond donors (Lipinski definition) is 0. The van der Waals surface area contributed by atoms with Crippen LogP contribution in [-0.4, -0.2) is 6.61 Å². The SMILES string of the molecule is C[C@@H]1COC(c2ccccc2)(c2ccccc2)C1. The monoisotopic (exact) mass is 238 g/mol. The summed E-state index contributed by atoms with van der Waals surface area (Å²) < 4.78 is 6.22. The molecular formula is C17H18O. The summed E-state index contributed by atoms with van der Waals surface area (Å²) >= 11 is 0. The Morgan fingerprint density at radius 1 is 0.889 bits per heavy atom. The Morgan fingerprint density at radius 3 is 1.78 bits per heavy atom. The molecule has 92 valence electrons. The Bertz CT molecular complexity index is 464. The molecule has 1 aliphatic rings. The van der Waals surface area contributed by atoms with Crippen molar-refractivity contribution in [2.45, 2.75) is 18.9 Å². The Balaban J connectivity index is 2.11. The van der Waals surface area contributed by atoms with Gasteiger partial charge in [0.15, 0.2) is 0 Å². The second-order valence-electron chi connectivity index (χ2n) is 5.18. The van der Waals surface area contributed by atoms with Gasteiger partial charge in [-0.25, -0.2) is 0 Å². The molecule has 18 heavy (non-hydrogen) atoms. The Kier molecular flexibility index (Phi) is 2.92. The molecule has 0 amide bonds. The van der Waals surface area contributed by atoms with Gasteiger partial charge < -0.3 is 4.74 Å². The van der Waals surface area contributed by atoms with Crippen LogP contribution in [0.15, 0.2) is 60.7 Å². The minimum Gasteiger partial charge on any atom is -0.365 e. The zero-order chi connectivity index (χ0) is 12.4. The van der Waals surface area contributed by atoms with Crippen LogP contribution in [0.5, 0.6) is 0 Å². The van der Waals surface area contributed by atoms with Crippen LogP contribution in [-0.2, 0) is 10.3 Å². The van der Waals surface area contributed by atoms with Crippen LogP contribution in [0.2, 0.25) is 0 Å².